The van der Waals surface area contributed by atoms with Gasteiger partial charge in [-0.15, -0.1) is 11.3 Å². The van der Waals surface area contributed by atoms with E-state index in [0.29, 0.717) is 21.5 Å². The zero-order valence-corrected chi connectivity index (χ0v) is 19.5. The molecule has 1 aliphatic carbocycles. The van der Waals surface area contributed by atoms with Gasteiger partial charge in [-0.2, -0.15) is 0 Å². The van der Waals surface area contributed by atoms with Crippen LogP contribution in [0.1, 0.15) is 60.0 Å². The molecule has 0 saturated carbocycles. The van der Waals surface area contributed by atoms with E-state index < -0.39 is 5.97 Å². The number of amides is 1. The van der Waals surface area contributed by atoms with Crippen molar-refractivity contribution < 1.29 is 14.3 Å². The molecule has 1 amide bonds. The van der Waals surface area contributed by atoms with Crippen molar-refractivity contribution in [2.24, 2.45) is 11.3 Å². The minimum atomic E-state index is -0.394. The summed E-state index contributed by atoms with van der Waals surface area (Å²) < 4.78 is 5.02. The van der Waals surface area contributed by atoms with Crippen LogP contribution in [0.4, 0.5) is 5.00 Å². The number of hydrogen-bond acceptors (Lipinski definition) is 4. The maximum absolute atomic E-state index is 12.5. The van der Waals surface area contributed by atoms with E-state index in [9.17, 15) is 9.59 Å². The molecule has 0 saturated heterocycles. The summed E-state index contributed by atoms with van der Waals surface area (Å²) in [5, 5.41) is 4.08. The lowest BCUT2D eigenvalue weighted by Crippen LogP contribution is -2.28. The highest BCUT2D eigenvalue weighted by Crippen LogP contribution is 2.45. The van der Waals surface area contributed by atoms with Crippen molar-refractivity contribution in [3.8, 4) is 0 Å². The molecular weight excluding hydrogens is 418 g/mol. The minimum absolute atomic E-state index is 0.246. The Labute approximate surface area is 187 Å². The molecule has 1 atom stereocenters. The maximum Gasteiger partial charge on any atom is 0.341 e. The van der Waals surface area contributed by atoms with Gasteiger partial charge < -0.3 is 10.1 Å². The summed E-state index contributed by atoms with van der Waals surface area (Å²) in [6, 6.07) is 7.27. The molecule has 0 spiro atoms. The highest BCUT2D eigenvalue weighted by Gasteiger charge is 2.35. The fourth-order valence-corrected chi connectivity index (χ4v) is 5.40. The van der Waals surface area contributed by atoms with Gasteiger partial charge in [-0.1, -0.05) is 50.9 Å². The van der Waals surface area contributed by atoms with Gasteiger partial charge in [0.1, 0.15) is 5.00 Å². The third kappa shape index (κ3) is 4.96. The van der Waals surface area contributed by atoms with Crippen molar-refractivity contribution in [2.75, 3.05) is 12.4 Å². The summed E-state index contributed by atoms with van der Waals surface area (Å²) in [6.45, 7) is 6.84. The fraction of sp³-hybridized carbons (Fsp3) is 0.417. The van der Waals surface area contributed by atoms with E-state index in [0.717, 1.165) is 36.8 Å². The van der Waals surface area contributed by atoms with Gasteiger partial charge in [0, 0.05) is 16.0 Å². The highest BCUT2D eigenvalue weighted by atomic mass is 35.5. The summed E-state index contributed by atoms with van der Waals surface area (Å²) in [7, 11) is 1.38. The average Bonchev–Trinajstić information content (AvgIpc) is 3.08. The monoisotopic (exact) mass is 445 g/mol. The Kier molecular flexibility index (Phi) is 7.04. The largest absolute Gasteiger partial charge is 0.465 e. The van der Waals surface area contributed by atoms with Crippen molar-refractivity contribution in [1.29, 1.82) is 0 Å². The molecule has 2 aromatic rings. The number of benzene rings is 1. The number of ether oxygens (including phenoxy) is 1. The second-order valence-corrected chi connectivity index (χ2v) is 9.90. The molecule has 30 heavy (non-hydrogen) atoms. The van der Waals surface area contributed by atoms with Gasteiger partial charge in [-0.05, 0) is 59.9 Å². The van der Waals surface area contributed by atoms with Crippen LogP contribution >= 0.6 is 22.9 Å². The fourth-order valence-electron chi connectivity index (χ4n) is 3.88. The van der Waals surface area contributed by atoms with Crippen molar-refractivity contribution in [2.45, 2.75) is 46.5 Å². The SMILES string of the molecule is CCC(C)(C)C1CCc2c(sc(NC(=O)/C=C/c3cccc(Cl)c3)c2C(=O)OC)C1. The first-order valence-corrected chi connectivity index (χ1v) is 11.4. The second kappa shape index (κ2) is 9.36. The Balaban J connectivity index is 1.84. The van der Waals surface area contributed by atoms with Gasteiger partial charge in [0.25, 0.3) is 0 Å². The molecule has 0 fully saturated rings. The van der Waals surface area contributed by atoms with Gasteiger partial charge in [0.05, 0.1) is 12.7 Å². The zero-order chi connectivity index (χ0) is 21.9. The van der Waals surface area contributed by atoms with Gasteiger partial charge in [-0.3, -0.25) is 4.79 Å². The van der Waals surface area contributed by atoms with Gasteiger partial charge >= 0.3 is 5.97 Å². The molecular formula is C24H28ClNO3S. The predicted octanol–water partition coefficient (Wildman–Crippen LogP) is 6.38. The van der Waals surface area contributed by atoms with Crippen LogP contribution in [0.25, 0.3) is 6.08 Å². The van der Waals surface area contributed by atoms with E-state index in [1.807, 2.05) is 12.1 Å². The van der Waals surface area contributed by atoms with Crippen molar-refractivity contribution in [3.05, 3.63) is 56.9 Å². The van der Waals surface area contributed by atoms with E-state index in [4.69, 9.17) is 16.3 Å². The summed E-state index contributed by atoms with van der Waals surface area (Å²) in [5.74, 6) is -0.121. The molecule has 1 aliphatic rings. The highest BCUT2D eigenvalue weighted by molar-refractivity contribution is 7.17. The molecule has 1 N–H and O–H groups in total. The molecule has 0 aliphatic heterocycles. The molecule has 1 heterocycles. The summed E-state index contributed by atoms with van der Waals surface area (Å²) >= 11 is 7.49. The van der Waals surface area contributed by atoms with E-state index in [-0.39, 0.29) is 11.3 Å². The number of anilines is 1. The number of thiophene rings is 1. The number of rotatable bonds is 6. The van der Waals surface area contributed by atoms with Crippen LogP contribution < -0.4 is 5.32 Å². The Morgan fingerprint density at radius 1 is 1.37 bits per heavy atom. The molecule has 0 radical (unpaired) electrons. The Morgan fingerprint density at radius 2 is 2.13 bits per heavy atom. The van der Waals surface area contributed by atoms with Gasteiger partial charge in [0.2, 0.25) is 5.91 Å². The number of methoxy groups -OCH3 is 1. The van der Waals surface area contributed by atoms with Crippen LogP contribution in [0.5, 0.6) is 0 Å². The molecule has 0 bridgehead atoms. The molecule has 4 nitrogen and oxygen atoms in total. The first-order chi connectivity index (χ1) is 14.2. The molecule has 1 aromatic carbocycles. The van der Waals surface area contributed by atoms with E-state index >= 15 is 0 Å². The number of carbonyl (C=O) groups excluding carboxylic acids is 2. The lowest BCUT2D eigenvalue weighted by molar-refractivity contribution is -0.111. The Hall–Kier alpha value is -2.11. The van der Waals surface area contributed by atoms with E-state index in [2.05, 4.69) is 26.1 Å². The zero-order valence-electron chi connectivity index (χ0n) is 17.9. The standard InChI is InChI=1S/C24H28ClNO3S/c1-5-24(2,3)16-10-11-18-19(14-16)30-22(21(18)23(28)29-4)26-20(27)12-9-15-7-6-8-17(25)13-15/h6-9,12-13,16H,5,10-11,14H2,1-4H3,(H,26,27)/b12-9+. The topological polar surface area (TPSA) is 55.4 Å². The number of carbonyl (C=O) groups is 2. The van der Waals surface area contributed by atoms with Gasteiger partial charge in [0.15, 0.2) is 0 Å². The van der Waals surface area contributed by atoms with Crippen LogP contribution in [0, 0.1) is 11.3 Å². The summed E-state index contributed by atoms with van der Waals surface area (Å²) in [5.41, 5.74) is 2.62. The second-order valence-electron chi connectivity index (χ2n) is 8.36. The van der Waals surface area contributed by atoms with Crippen LogP contribution in [0.3, 0.4) is 0 Å². The summed E-state index contributed by atoms with van der Waals surface area (Å²) in [6.07, 6.45) is 7.06. The Bertz CT molecular complexity index is 977. The first kappa shape index (κ1) is 22.6. The molecule has 1 unspecified atom stereocenters. The number of fused-ring (bicyclic) bond motifs is 1. The summed E-state index contributed by atoms with van der Waals surface area (Å²) in [4.78, 5) is 26.2. The normalized spacial score (nSPS) is 16.4. The lowest BCUT2D eigenvalue weighted by Gasteiger charge is -2.36. The minimum Gasteiger partial charge on any atom is -0.465 e. The molecule has 1 aromatic heterocycles. The molecule has 160 valence electrons. The number of hydrogen-bond donors (Lipinski definition) is 1. The van der Waals surface area contributed by atoms with Crippen LogP contribution in [-0.2, 0) is 22.4 Å². The van der Waals surface area contributed by atoms with Crippen molar-refractivity contribution in [3.63, 3.8) is 0 Å². The van der Waals surface area contributed by atoms with Crippen molar-refractivity contribution in [1.82, 2.24) is 0 Å². The maximum atomic E-state index is 12.5. The quantitative estimate of drug-likeness (QED) is 0.414. The lowest BCUT2D eigenvalue weighted by atomic mass is 9.69. The number of halogens is 1. The third-order valence-electron chi connectivity index (χ3n) is 6.18. The van der Waals surface area contributed by atoms with Crippen LogP contribution in [-0.4, -0.2) is 19.0 Å². The Morgan fingerprint density at radius 3 is 2.80 bits per heavy atom. The number of nitrogens with one attached hydrogen (secondary N) is 1. The smallest absolute Gasteiger partial charge is 0.341 e. The first-order valence-electron chi connectivity index (χ1n) is 10.2. The van der Waals surface area contributed by atoms with Gasteiger partial charge in [-0.25, -0.2) is 4.79 Å². The van der Waals surface area contributed by atoms with Crippen LogP contribution in [0.2, 0.25) is 5.02 Å². The number of esters is 1. The molecule has 6 heteroatoms. The average molecular weight is 446 g/mol. The van der Waals surface area contributed by atoms with E-state index in [1.54, 1.807) is 18.2 Å². The van der Waals surface area contributed by atoms with E-state index in [1.165, 1.54) is 29.4 Å². The predicted molar refractivity (Wildman–Crippen MR) is 124 cm³/mol. The molecule has 3 rings (SSSR count). The third-order valence-corrected chi connectivity index (χ3v) is 7.59. The van der Waals surface area contributed by atoms with Crippen molar-refractivity contribution >= 4 is 45.9 Å². The van der Waals surface area contributed by atoms with Crippen LogP contribution in [0.15, 0.2) is 30.3 Å².